The van der Waals surface area contributed by atoms with Crippen molar-refractivity contribution in [3.8, 4) is 5.75 Å². The second-order valence-electron chi connectivity index (χ2n) is 5.52. The first-order chi connectivity index (χ1) is 10.0. The van der Waals surface area contributed by atoms with E-state index < -0.39 is 5.41 Å². The number of pyridine rings is 1. The molecule has 1 unspecified atom stereocenters. The number of nitrogens with zero attached hydrogens (tertiary/aromatic N) is 1. The van der Waals surface area contributed by atoms with Gasteiger partial charge < -0.3 is 4.74 Å². The molecule has 3 rings (SSSR count). The van der Waals surface area contributed by atoms with Crippen LogP contribution in [0, 0.1) is 0 Å². The zero-order valence-electron chi connectivity index (χ0n) is 12.0. The molecule has 21 heavy (non-hydrogen) atoms. The van der Waals surface area contributed by atoms with E-state index in [4.69, 9.17) is 16.3 Å². The van der Waals surface area contributed by atoms with E-state index in [0.717, 1.165) is 29.8 Å². The number of hydrogen-bond donors (Lipinski definition) is 0. The number of ketones is 1. The lowest BCUT2D eigenvalue weighted by molar-refractivity contribution is 0.0874. The van der Waals surface area contributed by atoms with Crippen molar-refractivity contribution in [2.24, 2.45) is 0 Å². The maximum Gasteiger partial charge on any atom is 0.174 e. The minimum atomic E-state index is -0.545. The topological polar surface area (TPSA) is 39.2 Å². The first-order valence-electron chi connectivity index (χ1n) is 6.89. The van der Waals surface area contributed by atoms with Gasteiger partial charge in [0.15, 0.2) is 5.78 Å². The molecule has 0 amide bonds. The summed E-state index contributed by atoms with van der Waals surface area (Å²) in [5.74, 6) is 0.864. The number of benzene rings is 1. The highest BCUT2D eigenvalue weighted by molar-refractivity contribution is 6.29. The third kappa shape index (κ3) is 2.32. The molecule has 1 aromatic carbocycles. The molecule has 0 spiro atoms. The van der Waals surface area contributed by atoms with Crippen molar-refractivity contribution in [3.05, 3.63) is 58.4 Å². The Labute approximate surface area is 128 Å². The van der Waals surface area contributed by atoms with E-state index in [1.54, 1.807) is 19.2 Å². The fraction of sp³-hybridized carbons (Fsp3) is 0.294. The Morgan fingerprint density at radius 2 is 2.10 bits per heavy atom. The van der Waals surface area contributed by atoms with Crippen molar-refractivity contribution in [1.29, 1.82) is 0 Å². The van der Waals surface area contributed by atoms with Crippen LogP contribution < -0.4 is 4.74 Å². The Morgan fingerprint density at radius 3 is 2.86 bits per heavy atom. The van der Waals surface area contributed by atoms with Crippen molar-refractivity contribution in [2.45, 2.75) is 25.2 Å². The molecule has 0 bridgehead atoms. The van der Waals surface area contributed by atoms with Crippen LogP contribution in [0.5, 0.6) is 5.75 Å². The molecular weight excluding hydrogens is 286 g/mol. The van der Waals surface area contributed by atoms with Crippen LogP contribution >= 0.6 is 11.6 Å². The summed E-state index contributed by atoms with van der Waals surface area (Å²) >= 11 is 5.91. The molecule has 0 radical (unpaired) electrons. The lowest BCUT2D eigenvalue weighted by Crippen LogP contribution is -2.37. The molecule has 2 aromatic rings. The maximum atomic E-state index is 12.9. The van der Waals surface area contributed by atoms with Gasteiger partial charge >= 0.3 is 0 Å². The zero-order valence-corrected chi connectivity index (χ0v) is 12.8. The number of rotatable bonds is 2. The maximum absolute atomic E-state index is 12.9. The van der Waals surface area contributed by atoms with E-state index in [-0.39, 0.29) is 5.78 Å². The van der Waals surface area contributed by atoms with Gasteiger partial charge in [-0.2, -0.15) is 0 Å². The summed E-state index contributed by atoms with van der Waals surface area (Å²) in [6, 6.07) is 11.2. The average molecular weight is 302 g/mol. The predicted molar refractivity (Wildman–Crippen MR) is 82.2 cm³/mol. The molecular formula is C17H16ClNO2. The summed E-state index contributed by atoms with van der Waals surface area (Å²) in [5.41, 5.74) is 1.91. The first kappa shape index (κ1) is 14.1. The second kappa shape index (κ2) is 5.15. The summed E-state index contributed by atoms with van der Waals surface area (Å²) in [6.45, 7) is 1.99. The molecule has 1 aliphatic carbocycles. The lowest BCUT2D eigenvalue weighted by Gasteiger charge is -2.33. The molecule has 1 aromatic heterocycles. The Balaban J connectivity index is 2.06. The number of methoxy groups -OCH3 is 1. The van der Waals surface area contributed by atoms with E-state index in [1.807, 2.05) is 31.2 Å². The number of Topliss-reactive ketones (excluding diaryl/α,β-unsaturated/α-hetero) is 1. The highest BCUT2D eigenvalue weighted by Gasteiger charge is 2.40. The molecule has 0 fully saturated rings. The Hall–Kier alpha value is -1.87. The molecule has 0 aliphatic heterocycles. The second-order valence-corrected chi connectivity index (χ2v) is 5.91. The number of carbonyl (C=O) groups is 1. The Kier molecular flexibility index (Phi) is 3.46. The van der Waals surface area contributed by atoms with Crippen LogP contribution in [0.3, 0.4) is 0 Å². The molecule has 0 saturated carbocycles. The number of aromatic nitrogens is 1. The predicted octanol–water partition coefficient (Wildman–Crippen LogP) is 3.83. The van der Waals surface area contributed by atoms with Crippen LogP contribution in [0.1, 0.15) is 35.0 Å². The van der Waals surface area contributed by atoms with Gasteiger partial charge in [-0.1, -0.05) is 23.7 Å². The SMILES string of the molecule is COc1cccc(C2(C)CCc3nc(Cl)ccc3C2=O)c1. The van der Waals surface area contributed by atoms with Crippen LogP contribution in [0.4, 0.5) is 0 Å². The van der Waals surface area contributed by atoms with Crippen LogP contribution in [-0.4, -0.2) is 17.9 Å². The van der Waals surface area contributed by atoms with Gasteiger partial charge in [-0.25, -0.2) is 4.98 Å². The fourth-order valence-electron chi connectivity index (χ4n) is 2.89. The minimum absolute atomic E-state index is 0.0983. The van der Waals surface area contributed by atoms with Crippen molar-refractivity contribution in [2.75, 3.05) is 7.11 Å². The average Bonchev–Trinajstić information content (AvgIpc) is 2.51. The van der Waals surface area contributed by atoms with Gasteiger partial charge in [0, 0.05) is 5.56 Å². The lowest BCUT2D eigenvalue weighted by atomic mass is 9.69. The number of carbonyl (C=O) groups excluding carboxylic acids is 1. The third-order valence-corrected chi connectivity index (χ3v) is 4.47. The number of aryl methyl sites for hydroxylation is 1. The van der Waals surface area contributed by atoms with Crippen molar-refractivity contribution in [3.63, 3.8) is 0 Å². The molecule has 3 nitrogen and oxygen atoms in total. The normalized spacial score (nSPS) is 21.0. The highest BCUT2D eigenvalue weighted by Crippen LogP contribution is 2.39. The molecule has 0 N–H and O–H groups in total. The highest BCUT2D eigenvalue weighted by atomic mass is 35.5. The smallest absolute Gasteiger partial charge is 0.174 e. The minimum Gasteiger partial charge on any atom is -0.497 e. The summed E-state index contributed by atoms with van der Waals surface area (Å²) in [7, 11) is 1.63. The van der Waals surface area contributed by atoms with Crippen molar-refractivity contribution in [1.82, 2.24) is 4.98 Å². The van der Waals surface area contributed by atoms with Crippen LogP contribution in [-0.2, 0) is 11.8 Å². The van der Waals surface area contributed by atoms with Gasteiger partial charge in [-0.15, -0.1) is 0 Å². The largest absolute Gasteiger partial charge is 0.497 e. The summed E-state index contributed by atoms with van der Waals surface area (Å²) in [5, 5.41) is 0.437. The summed E-state index contributed by atoms with van der Waals surface area (Å²) in [6.07, 6.45) is 1.47. The van der Waals surface area contributed by atoms with Gasteiger partial charge in [-0.05, 0) is 49.6 Å². The van der Waals surface area contributed by atoms with Gasteiger partial charge in [0.1, 0.15) is 10.9 Å². The molecule has 1 atom stereocenters. The van der Waals surface area contributed by atoms with Gasteiger partial charge in [-0.3, -0.25) is 4.79 Å². The van der Waals surface area contributed by atoms with Crippen LogP contribution in [0.25, 0.3) is 0 Å². The van der Waals surface area contributed by atoms with E-state index in [9.17, 15) is 4.79 Å². The van der Waals surface area contributed by atoms with Gasteiger partial charge in [0.2, 0.25) is 0 Å². The van der Waals surface area contributed by atoms with E-state index in [0.29, 0.717) is 10.7 Å². The monoisotopic (exact) mass is 301 g/mol. The van der Waals surface area contributed by atoms with Crippen LogP contribution in [0.2, 0.25) is 5.15 Å². The number of ether oxygens (including phenoxy) is 1. The quantitative estimate of drug-likeness (QED) is 0.791. The van der Waals surface area contributed by atoms with E-state index >= 15 is 0 Å². The van der Waals surface area contributed by atoms with Crippen molar-refractivity contribution >= 4 is 17.4 Å². The fourth-order valence-corrected chi connectivity index (χ4v) is 3.06. The Morgan fingerprint density at radius 1 is 1.29 bits per heavy atom. The Bertz CT molecular complexity index is 714. The standard InChI is InChI=1S/C17H16ClNO2/c1-17(11-4-3-5-12(10-11)21-2)9-8-14-13(16(17)20)6-7-15(18)19-14/h3-7,10H,8-9H2,1-2H3. The molecule has 0 saturated heterocycles. The van der Waals surface area contributed by atoms with E-state index in [2.05, 4.69) is 4.98 Å². The third-order valence-electron chi connectivity index (χ3n) is 4.25. The van der Waals surface area contributed by atoms with E-state index in [1.165, 1.54) is 0 Å². The number of fused-ring (bicyclic) bond motifs is 1. The first-order valence-corrected chi connectivity index (χ1v) is 7.27. The number of hydrogen-bond acceptors (Lipinski definition) is 3. The summed E-state index contributed by atoms with van der Waals surface area (Å²) < 4.78 is 5.27. The van der Waals surface area contributed by atoms with Gasteiger partial charge in [0.05, 0.1) is 18.2 Å². The van der Waals surface area contributed by atoms with Crippen molar-refractivity contribution < 1.29 is 9.53 Å². The molecule has 1 aliphatic rings. The van der Waals surface area contributed by atoms with Crippen LogP contribution in [0.15, 0.2) is 36.4 Å². The molecule has 4 heteroatoms. The zero-order chi connectivity index (χ0) is 15.0. The van der Waals surface area contributed by atoms with Gasteiger partial charge in [0.25, 0.3) is 0 Å². The number of halogens is 1. The molecule has 1 heterocycles. The summed E-state index contributed by atoms with van der Waals surface area (Å²) in [4.78, 5) is 17.2. The molecule has 108 valence electrons.